The highest BCUT2D eigenvalue weighted by molar-refractivity contribution is 6.91. The zero-order valence-corrected chi connectivity index (χ0v) is 29.9. The van der Waals surface area contributed by atoms with E-state index in [1.54, 1.807) is 29.0 Å². The Hall–Kier alpha value is -4.03. The van der Waals surface area contributed by atoms with Crippen molar-refractivity contribution in [3.63, 3.8) is 0 Å². The average Bonchev–Trinajstić information content (AvgIpc) is 3.75. The lowest BCUT2D eigenvalue weighted by atomic mass is 9.82. The first-order valence-corrected chi connectivity index (χ1v) is 20.2. The number of hydrogen-bond acceptors (Lipinski definition) is 7. The molecule has 3 amide bonds. The molecule has 2 fully saturated rings. The van der Waals surface area contributed by atoms with Crippen LogP contribution >= 0.6 is 0 Å². The normalized spacial score (nSPS) is 25.5. The van der Waals surface area contributed by atoms with Crippen molar-refractivity contribution in [2.45, 2.75) is 82.1 Å². The number of carbonyl (C=O) groups excluding carboxylic acids is 3. The maximum atomic E-state index is 15.0. The lowest BCUT2D eigenvalue weighted by molar-refractivity contribution is -0.150. The minimum atomic E-state index is -2.45. The van der Waals surface area contributed by atoms with Crippen LogP contribution in [0, 0.1) is 5.92 Å². The zero-order valence-electron chi connectivity index (χ0n) is 28.9. The number of ether oxygens (including phenoxy) is 2. The summed E-state index contributed by atoms with van der Waals surface area (Å²) >= 11 is 0. The van der Waals surface area contributed by atoms with E-state index in [1.807, 2.05) is 48.5 Å². The number of para-hydroxylation sites is 1. The van der Waals surface area contributed by atoms with Crippen LogP contribution < -0.4 is 20.1 Å². The number of methoxy groups -OCH3 is 1. The van der Waals surface area contributed by atoms with Gasteiger partial charge >= 0.3 is 0 Å². The minimum absolute atomic E-state index is 0.0537. The fourth-order valence-corrected chi connectivity index (χ4v) is 12.5. The molecule has 0 bridgehead atoms. The molecule has 260 valence electrons. The molecule has 3 N–H and O–H groups in total. The molecule has 10 nitrogen and oxygen atoms in total. The molecule has 6 atom stereocenters. The van der Waals surface area contributed by atoms with Crippen LogP contribution in [0.5, 0.6) is 5.75 Å². The number of nitrogens with one attached hydrogen (secondary N) is 1. The van der Waals surface area contributed by atoms with Gasteiger partial charge in [-0.2, -0.15) is 0 Å². The van der Waals surface area contributed by atoms with E-state index in [4.69, 9.17) is 9.47 Å². The highest BCUT2D eigenvalue weighted by Crippen LogP contribution is 2.60. The van der Waals surface area contributed by atoms with Gasteiger partial charge in [-0.1, -0.05) is 67.7 Å². The van der Waals surface area contributed by atoms with Gasteiger partial charge in [0.2, 0.25) is 5.91 Å². The number of rotatable bonds is 10. The van der Waals surface area contributed by atoms with Crippen LogP contribution in [0.25, 0.3) is 0 Å². The molecule has 1 spiro atoms. The molecule has 0 aliphatic carbocycles. The fraction of sp³-hybridized carbons (Fsp3) is 0.447. The van der Waals surface area contributed by atoms with Gasteiger partial charge in [0.15, 0.2) is 5.60 Å². The van der Waals surface area contributed by atoms with Gasteiger partial charge in [-0.05, 0) is 61.2 Å². The first kappa shape index (κ1) is 34.8. The van der Waals surface area contributed by atoms with E-state index in [9.17, 15) is 19.8 Å². The van der Waals surface area contributed by atoms with E-state index in [1.165, 1.54) is 12.1 Å². The van der Waals surface area contributed by atoms with Gasteiger partial charge in [-0.25, -0.2) is 0 Å². The Balaban J connectivity index is 1.38. The first-order chi connectivity index (χ1) is 23.4. The second-order valence-corrected chi connectivity index (χ2v) is 18.9. The van der Waals surface area contributed by atoms with E-state index in [-0.39, 0.29) is 48.9 Å². The Morgan fingerprint density at radius 1 is 1.10 bits per heavy atom. The maximum absolute atomic E-state index is 15.0. The fourth-order valence-electron chi connectivity index (χ4n) is 8.44. The van der Waals surface area contributed by atoms with Crippen molar-refractivity contribution in [2.75, 3.05) is 30.5 Å². The van der Waals surface area contributed by atoms with Gasteiger partial charge in [-0.15, -0.1) is 0 Å². The SMILES string of the molecule is COc1ccc([Si](C)(C)[C@@H]2[C@@H](CC(=O)N3CCC[C@H]3CO)O[C@]3(C(=O)N(Cc4cccc(NC(=O)[C@H](C)O)c4)c4ccccc43)[C@H]2C)cc1. The summed E-state index contributed by atoms with van der Waals surface area (Å²) in [6.45, 7) is 8.86. The third-order valence-corrected chi connectivity index (χ3v) is 15.3. The number of amides is 3. The number of hydrogen-bond donors (Lipinski definition) is 3. The lowest BCUT2D eigenvalue weighted by Gasteiger charge is -2.37. The quantitative estimate of drug-likeness (QED) is 0.274. The monoisotopic (exact) mass is 685 g/mol. The third-order valence-electron chi connectivity index (χ3n) is 10.9. The summed E-state index contributed by atoms with van der Waals surface area (Å²) in [6.07, 6.45) is 0.0646. The second-order valence-electron chi connectivity index (χ2n) is 14.2. The number of anilines is 2. The summed E-state index contributed by atoms with van der Waals surface area (Å²) in [4.78, 5) is 44.7. The van der Waals surface area contributed by atoms with Crippen molar-refractivity contribution in [1.29, 1.82) is 0 Å². The van der Waals surface area contributed by atoms with Crippen LogP contribution in [0.1, 0.15) is 44.2 Å². The largest absolute Gasteiger partial charge is 0.497 e. The first-order valence-electron chi connectivity index (χ1n) is 17.1. The molecule has 0 aromatic heterocycles. The number of likely N-dealkylation sites (tertiary alicyclic amines) is 1. The Bertz CT molecular complexity index is 1710. The van der Waals surface area contributed by atoms with E-state index in [2.05, 4.69) is 37.5 Å². The molecule has 0 saturated carbocycles. The molecule has 11 heteroatoms. The molecule has 2 saturated heterocycles. The molecule has 49 heavy (non-hydrogen) atoms. The van der Waals surface area contributed by atoms with Gasteiger partial charge in [-0.3, -0.25) is 14.4 Å². The number of nitrogens with zero attached hydrogens (tertiary/aromatic N) is 2. The van der Waals surface area contributed by atoms with Gasteiger partial charge in [0, 0.05) is 23.7 Å². The van der Waals surface area contributed by atoms with Crippen molar-refractivity contribution in [1.82, 2.24) is 4.90 Å². The van der Waals surface area contributed by atoms with Crippen LogP contribution in [-0.2, 0) is 31.3 Å². The van der Waals surface area contributed by atoms with Gasteiger partial charge in [0.1, 0.15) is 11.9 Å². The molecule has 3 heterocycles. The summed E-state index contributed by atoms with van der Waals surface area (Å²) in [5, 5.41) is 23.6. The van der Waals surface area contributed by atoms with Crippen molar-refractivity contribution in [3.8, 4) is 5.75 Å². The summed E-state index contributed by atoms with van der Waals surface area (Å²) in [7, 11) is -0.802. The highest BCUT2D eigenvalue weighted by atomic mass is 28.3. The van der Waals surface area contributed by atoms with Crippen LogP contribution in [0.3, 0.4) is 0 Å². The molecule has 3 aliphatic heterocycles. The molecular weight excluding hydrogens is 639 g/mol. The Morgan fingerprint density at radius 2 is 1.84 bits per heavy atom. The van der Waals surface area contributed by atoms with Gasteiger partial charge in [0.25, 0.3) is 11.8 Å². The molecule has 3 aliphatic rings. The number of fused-ring (bicyclic) bond motifs is 2. The van der Waals surface area contributed by atoms with Crippen molar-refractivity contribution in [2.24, 2.45) is 5.92 Å². The topological polar surface area (TPSA) is 129 Å². The van der Waals surface area contributed by atoms with Crippen molar-refractivity contribution >= 4 is 42.4 Å². The minimum Gasteiger partial charge on any atom is -0.497 e. The summed E-state index contributed by atoms with van der Waals surface area (Å²) in [6, 6.07) is 22.9. The molecular formula is C38H47N3O7Si. The van der Waals surface area contributed by atoms with Crippen molar-refractivity contribution < 1.29 is 34.1 Å². The Morgan fingerprint density at radius 3 is 2.53 bits per heavy atom. The van der Waals surface area contributed by atoms with E-state index in [0.717, 1.165) is 35.4 Å². The van der Waals surface area contributed by atoms with Crippen LogP contribution in [0.15, 0.2) is 72.8 Å². The highest BCUT2D eigenvalue weighted by Gasteiger charge is 2.66. The van der Waals surface area contributed by atoms with E-state index in [0.29, 0.717) is 12.2 Å². The second kappa shape index (κ2) is 13.7. The number of aliphatic hydroxyl groups is 2. The van der Waals surface area contributed by atoms with E-state index >= 15 is 4.79 Å². The Kier molecular flexibility index (Phi) is 9.74. The molecule has 3 aromatic carbocycles. The maximum Gasteiger partial charge on any atom is 0.264 e. The lowest BCUT2D eigenvalue weighted by Crippen LogP contribution is -2.52. The van der Waals surface area contributed by atoms with Gasteiger partial charge < -0.3 is 34.8 Å². The summed E-state index contributed by atoms with van der Waals surface area (Å²) in [5.74, 6) is -0.241. The van der Waals surface area contributed by atoms with Crippen LogP contribution in [-0.4, -0.2) is 79.4 Å². The Labute approximate surface area is 289 Å². The number of benzene rings is 3. The number of aliphatic hydroxyl groups excluding tert-OH is 2. The molecule has 3 aromatic rings. The molecule has 6 rings (SSSR count). The van der Waals surface area contributed by atoms with E-state index < -0.39 is 31.8 Å². The standard InChI is InChI=1S/C38H47N3O7Si/c1-24-35(49(4,5)30-17-15-29(47-3)16-18-30)33(21-34(44)40-19-9-12-28(40)23-42)48-38(24)31-13-6-7-14-32(31)41(37(38)46)22-26-10-8-11-27(20-26)39-36(45)25(2)43/h6-8,10-11,13-18,20,24-25,28,33,35,42-43H,9,12,19,21-23H2,1-5H3,(H,39,45)/t24-,25-,28-,33+,35-,38+/m0/s1. The summed E-state index contributed by atoms with van der Waals surface area (Å²) in [5.41, 5.74) is 1.47. The molecule has 0 radical (unpaired) electrons. The molecule has 0 unspecified atom stereocenters. The third kappa shape index (κ3) is 6.18. The smallest absolute Gasteiger partial charge is 0.264 e. The average molecular weight is 686 g/mol. The summed E-state index contributed by atoms with van der Waals surface area (Å²) < 4.78 is 12.6. The zero-order chi connectivity index (χ0) is 35.1. The van der Waals surface area contributed by atoms with Crippen molar-refractivity contribution in [3.05, 3.63) is 83.9 Å². The number of carbonyl (C=O) groups is 3. The van der Waals surface area contributed by atoms with Crippen LogP contribution in [0.2, 0.25) is 18.6 Å². The predicted molar refractivity (Wildman–Crippen MR) is 190 cm³/mol. The predicted octanol–water partition coefficient (Wildman–Crippen LogP) is 4.15. The van der Waals surface area contributed by atoms with Gasteiger partial charge in [0.05, 0.1) is 52.6 Å². The van der Waals surface area contributed by atoms with Crippen LogP contribution in [0.4, 0.5) is 11.4 Å².